The van der Waals surface area contributed by atoms with Crippen LogP contribution in [-0.2, 0) is 6.42 Å². The molecule has 7 aromatic rings. The molecule has 5 aromatic carbocycles. The first-order chi connectivity index (χ1) is 19.5. The monoisotopic (exact) mass is 536 g/mol. The molecular formula is C37H32N2S. The van der Waals surface area contributed by atoms with Crippen molar-refractivity contribution in [1.82, 2.24) is 9.55 Å². The van der Waals surface area contributed by atoms with Gasteiger partial charge in [0.05, 0.1) is 11.0 Å². The van der Waals surface area contributed by atoms with E-state index >= 15 is 0 Å². The zero-order valence-electron chi connectivity index (χ0n) is 23.4. The Labute approximate surface area is 239 Å². The molecule has 0 atom stereocenters. The van der Waals surface area contributed by atoms with Gasteiger partial charge in [-0.1, -0.05) is 74.5 Å². The van der Waals surface area contributed by atoms with E-state index in [1.54, 1.807) is 11.3 Å². The van der Waals surface area contributed by atoms with Gasteiger partial charge in [0.1, 0.15) is 5.82 Å². The van der Waals surface area contributed by atoms with Crippen LogP contribution in [0, 0.1) is 19.8 Å². The SMILES string of the molecule is Cc1cc(-n2c(-c3csc4cc5ccc(CC(C)C)cc5cc34)nc3ccccc32)cc(C)c1-c1ccccc1. The van der Waals surface area contributed by atoms with E-state index in [0.29, 0.717) is 5.92 Å². The Kier molecular flexibility index (Phi) is 6.05. The lowest BCUT2D eigenvalue weighted by Crippen LogP contribution is -2.00. The molecule has 3 heteroatoms. The molecule has 0 spiro atoms. The average molecular weight is 537 g/mol. The van der Waals surface area contributed by atoms with Crippen LogP contribution in [0.3, 0.4) is 0 Å². The lowest BCUT2D eigenvalue weighted by atomic mass is 9.95. The molecule has 0 bridgehead atoms. The smallest absolute Gasteiger partial charge is 0.147 e. The minimum Gasteiger partial charge on any atom is -0.292 e. The standard InChI is InChI=1S/C37H32N2S/c1-23(2)16-26-14-15-28-21-35-31(20-29(28)19-26)32(22-40-35)37-38-33-12-8-9-13-34(33)39(37)30-17-24(3)36(25(4)18-30)27-10-6-5-7-11-27/h5-15,17-23H,16H2,1-4H3. The van der Waals surface area contributed by atoms with Gasteiger partial charge in [0.2, 0.25) is 0 Å². The summed E-state index contributed by atoms with van der Waals surface area (Å²) in [6, 6.07) is 35.5. The molecule has 0 radical (unpaired) electrons. The molecular weight excluding hydrogens is 504 g/mol. The third kappa shape index (κ3) is 4.22. The number of nitrogens with zero attached hydrogens (tertiary/aromatic N) is 2. The summed E-state index contributed by atoms with van der Waals surface area (Å²) in [7, 11) is 0. The maximum atomic E-state index is 5.23. The molecule has 2 aromatic heterocycles. The molecule has 0 aliphatic heterocycles. The van der Waals surface area contributed by atoms with E-state index < -0.39 is 0 Å². The number of aromatic nitrogens is 2. The summed E-state index contributed by atoms with van der Waals surface area (Å²) in [4.78, 5) is 5.23. The van der Waals surface area contributed by atoms with Crippen molar-refractivity contribution in [3.63, 3.8) is 0 Å². The molecule has 0 aliphatic rings. The maximum Gasteiger partial charge on any atom is 0.147 e. The van der Waals surface area contributed by atoms with Crippen LogP contribution in [0.15, 0.2) is 102 Å². The summed E-state index contributed by atoms with van der Waals surface area (Å²) in [6.45, 7) is 9.01. The van der Waals surface area contributed by atoms with E-state index in [1.165, 1.54) is 54.2 Å². The highest BCUT2D eigenvalue weighted by molar-refractivity contribution is 7.17. The van der Waals surface area contributed by atoms with E-state index in [2.05, 4.69) is 135 Å². The second kappa shape index (κ2) is 9.76. The minimum absolute atomic E-state index is 0.637. The van der Waals surface area contributed by atoms with Crippen LogP contribution < -0.4 is 0 Å². The van der Waals surface area contributed by atoms with Crippen LogP contribution in [0.4, 0.5) is 0 Å². The molecule has 0 unspecified atom stereocenters. The molecule has 0 aliphatic carbocycles. The number of aryl methyl sites for hydroxylation is 2. The highest BCUT2D eigenvalue weighted by atomic mass is 32.1. The van der Waals surface area contributed by atoms with Crippen molar-refractivity contribution in [2.24, 2.45) is 5.92 Å². The summed E-state index contributed by atoms with van der Waals surface area (Å²) in [5.74, 6) is 1.63. The Balaban J connectivity index is 1.44. The maximum absolute atomic E-state index is 5.23. The molecule has 0 N–H and O–H groups in total. The van der Waals surface area contributed by atoms with Crippen LogP contribution in [0.1, 0.15) is 30.5 Å². The molecule has 0 fully saturated rings. The molecule has 196 valence electrons. The Morgan fingerprint density at radius 1 is 0.775 bits per heavy atom. The Morgan fingerprint density at radius 2 is 1.52 bits per heavy atom. The van der Waals surface area contributed by atoms with E-state index in [4.69, 9.17) is 4.98 Å². The normalized spacial score (nSPS) is 11.8. The third-order valence-corrected chi connectivity index (χ3v) is 8.83. The first-order valence-corrected chi connectivity index (χ1v) is 14.9. The predicted molar refractivity (Wildman–Crippen MR) is 173 cm³/mol. The van der Waals surface area contributed by atoms with Gasteiger partial charge >= 0.3 is 0 Å². The largest absolute Gasteiger partial charge is 0.292 e. The number of hydrogen-bond acceptors (Lipinski definition) is 2. The Morgan fingerprint density at radius 3 is 2.30 bits per heavy atom. The summed E-state index contributed by atoms with van der Waals surface area (Å²) >= 11 is 1.80. The molecule has 2 nitrogen and oxygen atoms in total. The average Bonchev–Trinajstić information content (AvgIpc) is 3.52. The number of imidazole rings is 1. The van der Waals surface area contributed by atoms with E-state index in [-0.39, 0.29) is 0 Å². The van der Waals surface area contributed by atoms with Gasteiger partial charge in [-0.3, -0.25) is 4.57 Å². The number of benzene rings is 5. The Bertz CT molecular complexity index is 2000. The highest BCUT2D eigenvalue weighted by Gasteiger charge is 2.19. The lowest BCUT2D eigenvalue weighted by molar-refractivity contribution is 0.648. The van der Waals surface area contributed by atoms with Crippen molar-refractivity contribution in [3.05, 3.63) is 119 Å². The van der Waals surface area contributed by atoms with Crippen molar-refractivity contribution < 1.29 is 0 Å². The molecule has 2 heterocycles. The van der Waals surface area contributed by atoms with Crippen molar-refractivity contribution in [2.75, 3.05) is 0 Å². The first-order valence-electron chi connectivity index (χ1n) is 14.0. The number of fused-ring (bicyclic) bond motifs is 3. The summed E-state index contributed by atoms with van der Waals surface area (Å²) < 4.78 is 3.65. The predicted octanol–water partition coefficient (Wildman–Crippen LogP) is 10.5. The van der Waals surface area contributed by atoms with Gasteiger partial charge in [-0.2, -0.15) is 0 Å². The number of rotatable bonds is 5. The zero-order valence-corrected chi connectivity index (χ0v) is 24.2. The lowest BCUT2D eigenvalue weighted by Gasteiger charge is -2.16. The number of thiophene rings is 1. The summed E-state index contributed by atoms with van der Waals surface area (Å²) in [5.41, 5.74) is 11.0. The number of hydrogen-bond donors (Lipinski definition) is 0. The quantitative estimate of drug-likeness (QED) is 0.214. The first kappa shape index (κ1) is 24.8. The minimum atomic E-state index is 0.637. The second-order valence-electron chi connectivity index (χ2n) is 11.4. The van der Waals surface area contributed by atoms with Gasteiger partial charge in [-0.25, -0.2) is 4.98 Å². The van der Waals surface area contributed by atoms with Gasteiger partial charge in [-0.15, -0.1) is 11.3 Å². The van der Waals surface area contributed by atoms with Crippen LogP contribution in [0.5, 0.6) is 0 Å². The fourth-order valence-electron chi connectivity index (χ4n) is 6.19. The summed E-state index contributed by atoms with van der Waals surface area (Å²) in [6.07, 6.45) is 1.10. The molecule has 40 heavy (non-hydrogen) atoms. The van der Waals surface area contributed by atoms with E-state index in [1.807, 2.05) is 0 Å². The topological polar surface area (TPSA) is 17.8 Å². The van der Waals surface area contributed by atoms with Crippen LogP contribution >= 0.6 is 11.3 Å². The third-order valence-electron chi connectivity index (χ3n) is 7.88. The van der Waals surface area contributed by atoms with Gasteiger partial charge < -0.3 is 0 Å². The van der Waals surface area contributed by atoms with E-state index in [9.17, 15) is 0 Å². The van der Waals surface area contributed by atoms with Gasteiger partial charge in [0, 0.05) is 26.7 Å². The van der Waals surface area contributed by atoms with Gasteiger partial charge in [-0.05, 0) is 101 Å². The van der Waals surface area contributed by atoms with Crippen molar-refractivity contribution in [2.45, 2.75) is 34.1 Å². The van der Waals surface area contributed by atoms with Crippen molar-refractivity contribution in [3.8, 4) is 28.2 Å². The van der Waals surface area contributed by atoms with Crippen molar-refractivity contribution in [1.29, 1.82) is 0 Å². The molecule has 0 saturated carbocycles. The van der Waals surface area contributed by atoms with Crippen LogP contribution in [0.25, 0.3) is 60.1 Å². The van der Waals surface area contributed by atoms with Crippen molar-refractivity contribution >= 4 is 43.2 Å². The molecule has 7 rings (SSSR count). The molecule has 0 amide bonds. The fourth-order valence-corrected chi connectivity index (χ4v) is 7.16. The second-order valence-corrected chi connectivity index (χ2v) is 12.3. The summed E-state index contributed by atoms with van der Waals surface area (Å²) in [5, 5.41) is 6.15. The fraction of sp³-hybridized carbons (Fsp3) is 0.162. The highest BCUT2D eigenvalue weighted by Crippen LogP contribution is 2.40. The van der Waals surface area contributed by atoms with Gasteiger partial charge in [0.15, 0.2) is 0 Å². The van der Waals surface area contributed by atoms with Crippen LogP contribution in [-0.4, -0.2) is 9.55 Å². The van der Waals surface area contributed by atoms with Gasteiger partial charge in [0.25, 0.3) is 0 Å². The van der Waals surface area contributed by atoms with E-state index in [0.717, 1.165) is 29.0 Å². The molecule has 0 saturated heterocycles. The van der Waals surface area contributed by atoms with Crippen LogP contribution in [0.2, 0.25) is 0 Å². The number of para-hydroxylation sites is 2. The zero-order chi connectivity index (χ0) is 27.4. The Hall–Kier alpha value is -4.21.